The van der Waals surface area contributed by atoms with Gasteiger partial charge in [-0.15, -0.1) is 0 Å². The molecule has 9 amide bonds. The number of phenolic OH excluding ortho intramolecular Hbond substituents is 1. The molecule has 1 heterocycles. The summed E-state index contributed by atoms with van der Waals surface area (Å²) in [7, 11) is 0. The average Bonchev–Trinajstić information content (AvgIpc) is 3.89. The molecule has 0 aliphatic carbocycles. The summed E-state index contributed by atoms with van der Waals surface area (Å²) in [6.45, 7) is 6.46. The molecule has 9 atom stereocenters. The molecule has 0 bridgehead atoms. The van der Waals surface area contributed by atoms with Crippen LogP contribution in [0.5, 0.6) is 5.75 Å². The van der Waals surface area contributed by atoms with E-state index in [1.807, 2.05) is 0 Å². The van der Waals surface area contributed by atoms with Crippen molar-refractivity contribution < 1.29 is 63.3 Å². The number of carboxylic acid groups (broad SMARTS) is 1. The number of benzene rings is 2. The Balaban J connectivity index is 1.78. The number of carbonyl (C=O) groups is 10. The summed E-state index contributed by atoms with van der Waals surface area (Å²) < 4.78 is 0. The van der Waals surface area contributed by atoms with E-state index in [0.717, 1.165) is 0 Å². The second kappa shape index (κ2) is 31.7. The fourth-order valence-electron chi connectivity index (χ4n) is 7.42. The number of hydrogen-bond acceptors (Lipinski definition) is 15. The number of aromatic nitrogens is 2. The zero-order chi connectivity index (χ0) is 56.5. The Labute approximate surface area is 439 Å². The number of aliphatic carboxylic acids is 1. The number of imidazole rings is 1. The highest BCUT2D eigenvalue weighted by Crippen LogP contribution is 2.13. The first-order valence-electron chi connectivity index (χ1n) is 24.8. The van der Waals surface area contributed by atoms with Crippen molar-refractivity contribution in [3.8, 4) is 5.75 Å². The number of aromatic hydroxyl groups is 1. The van der Waals surface area contributed by atoms with E-state index in [4.69, 9.17) is 16.6 Å². The summed E-state index contributed by atoms with van der Waals surface area (Å²) >= 11 is 0. The molecule has 26 nitrogen and oxygen atoms in total. The van der Waals surface area contributed by atoms with E-state index in [2.05, 4.69) is 57.8 Å². The first kappa shape index (κ1) is 62.3. The van der Waals surface area contributed by atoms with E-state index in [1.54, 1.807) is 44.2 Å². The molecule has 1 aromatic heterocycles. The Morgan fingerprint density at radius 1 is 0.592 bits per heavy atom. The van der Waals surface area contributed by atoms with Crippen LogP contribution in [0.1, 0.15) is 77.1 Å². The quantitative estimate of drug-likeness (QED) is 0.0274. The molecule has 3 rings (SSSR count). The number of aliphatic hydroxyl groups excluding tert-OH is 1. The second-order valence-electron chi connectivity index (χ2n) is 18.7. The van der Waals surface area contributed by atoms with Gasteiger partial charge in [-0.05, 0) is 82.2 Å². The van der Waals surface area contributed by atoms with Crippen LogP contribution in [0.2, 0.25) is 0 Å². The fourth-order valence-corrected chi connectivity index (χ4v) is 7.42. The third kappa shape index (κ3) is 22.2. The predicted octanol–water partition coefficient (Wildman–Crippen LogP) is -3.22. The Morgan fingerprint density at radius 2 is 1.13 bits per heavy atom. The second-order valence-corrected chi connectivity index (χ2v) is 18.7. The lowest BCUT2D eigenvalue weighted by molar-refractivity contribution is -0.138. The van der Waals surface area contributed by atoms with Gasteiger partial charge in [0.15, 0.2) is 0 Å². The van der Waals surface area contributed by atoms with Crippen LogP contribution in [0.3, 0.4) is 0 Å². The molecule has 0 saturated carbocycles. The van der Waals surface area contributed by atoms with Crippen molar-refractivity contribution in [3.05, 3.63) is 83.9 Å². The lowest BCUT2D eigenvalue weighted by atomic mass is 10.0. The van der Waals surface area contributed by atoms with Crippen molar-refractivity contribution in [2.45, 2.75) is 134 Å². The number of nitrogens with two attached hydrogens (primary N) is 2. The zero-order valence-corrected chi connectivity index (χ0v) is 43.2. The number of hydrogen-bond donors (Lipinski definition) is 15. The van der Waals surface area contributed by atoms with Gasteiger partial charge in [-0.25, -0.2) is 4.98 Å². The lowest BCUT2D eigenvalue weighted by Crippen LogP contribution is -2.62. The van der Waals surface area contributed by atoms with Gasteiger partial charge in [0.2, 0.25) is 53.2 Å². The molecule has 17 N–H and O–H groups in total. The smallest absolute Gasteiger partial charge is 0.322 e. The molecule has 76 heavy (non-hydrogen) atoms. The van der Waals surface area contributed by atoms with Crippen molar-refractivity contribution in [3.63, 3.8) is 0 Å². The molecule has 0 unspecified atom stereocenters. The van der Waals surface area contributed by atoms with E-state index in [9.17, 15) is 58.2 Å². The first-order valence-corrected chi connectivity index (χ1v) is 24.8. The largest absolute Gasteiger partial charge is 0.508 e. The van der Waals surface area contributed by atoms with E-state index in [-0.39, 0.29) is 43.8 Å². The number of H-pyrrole nitrogens is 1. The predicted molar refractivity (Wildman–Crippen MR) is 275 cm³/mol. The number of carboxylic acids is 1. The number of nitrogens with zero attached hydrogens (tertiary/aromatic N) is 1. The number of amides is 9. The average molecular weight is 1060 g/mol. The van der Waals surface area contributed by atoms with E-state index >= 15 is 0 Å². The van der Waals surface area contributed by atoms with Crippen molar-refractivity contribution in [2.75, 3.05) is 19.6 Å². The van der Waals surface area contributed by atoms with E-state index in [1.165, 1.54) is 57.6 Å². The number of aromatic amines is 1. The number of nitrogens with one attached hydrogen (secondary N) is 10. The number of unbranched alkanes of at least 4 members (excludes halogenated alkanes) is 1. The third-order valence-electron chi connectivity index (χ3n) is 11.5. The van der Waals surface area contributed by atoms with Crippen LogP contribution in [0, 0.1) is 5.92 Å². The maximum absolute atomic E-state index is 14.1. The maximum Gasteiger partial charge on any atom is 0.322 e. The summed E-state index contributed by atoms with van der Waals surface area (Å²) in [5, 5.41) is 52.1. The molecule has 416 valence electrons. The van der Waals surface area contributed by atoms with Gasteiger partial charge in [-0.1, -0.05) is 56.3 Å². The van der Waals surface area contributed by atoms with Gasteiger partial charge in [0.05, 0.1) is 25.0 Å². The van der Waals surface area contributed by atoms with Crippen LogP contribution in [0.4, 0.5) is 0 Å². The fraction of sp³-hybridized carbons (Fsp3) is 0.500. The van der Waals surface area contributed by atoms with Gasteiger partial charge in [-0.2, -0.15) is 0 Å². The van der Waals surface area contributed by atoms with Crippen LogP contribution in [0.15, 0.2) is 67.1 Å². The zero-order valence-electron chi connectivity index (χ0n) is 43.2. The van der Waals surface area contributed by atoms with Gasteiger partial charge in [-0.3, -0.25) is 47.9 Å². The summed E-state index contributed by atoms with van der Waals surface area (Å²) in [6, 6.07) is 3.73. The maximum atomic E-state index is 14.1. The highest BCUT2D eigenvalue weighted by Gasteiger charge is 2.35. The molecular weight excluding hydrogens is 991 g/mol. The SMILES string of the molecule is CC(C)C[C@H](NC(=O)[C@H](CCCCN)NC(=O)[C@H](C)N)C(=O)N[C@@H](Cc1cnc[nH]1)C(=O)N[C@H](C(=O)N[C@@H](C)C(=O)N[C@@H](Cc1ccc(O)cc1)C(=O)NCC(=O)N[C@@H](Cc1ccccc1)C(=O)NCC(=O)O)[C@@H](C)O. The van der Waals surface area contributed by atoms with Crippen LogP contribution in [-0.4, -0.2) is 158 Å². The van der Waals surface area contributed by atoms with Crippen LogP contribution in [-0.2, 0) is 67.2 Å². The topological polar surface area (TPSA) is 420 Å². The summed E-state index contributed by atoms with van der Waals surface area (Å²) in [6.07, 6.45) is 2.06. The highest BCUT2D eigenvalue weighted by atomic mass is 16.4. The molecule has 0 aliphatic heterocycles. The molecule has 0 aliphatic rings. The Kier molecular flexibility index (Phi) is 26.0. The van der Waals surface area contributed by atoms with Crippen LogP contribution < -0.4 is 59.3 Å². The molecule has 26 heteroatoms. The monoisotopic (exact) mass is 1060 g/mol. The first-order chi connectivity index (χ1) is 36.0. The van der Waals surface area contributed by atoms with Crippen LogP contribution >= 0.6 is 0 Å². The van der Waals surface area contributed by atoms with Crippen molar-refractivity contribution >= 4 is 59.1 Å². The number of rotatable bonds is 32. The molecule has 0 radical (unpaired) electrons. The standard InChI is InChI=1S/C50H73N13O13/c1-27(2)19-36(61-47(73)35(13-9-10-18-51)59-43(69)28(3)52)48(74)62-39(22-33-23-53-26-56-33)49(75)63-42(30(5)64)50(76)57-29(4)44(70)60-38(21-32-14-16-34(65)17-15-32)46(72)54-24-40(66)58-37(45(71)55-25-41(67)68)20-31-11-7-6-8-12-31/h6-8,11-12,14-17,23,26-30,35-39,42,64-65H,9-10,13,18-22,24-25,51-52H2,1-5H3,(H,53,56)(H,54,72)(H,55,71)(H,57,76)(H,58,66)(H,59,69)(H,60,70)(H,61,73)(H,62,74)(H,63,75)(H,67,68)/t28-,29-,30+,35-,36-,37-,38-,39-,42-/m0/s1. The van der Waals surface area contributed by atoms with Gasteiger partial charge in [0.1, 0.15) is 54.6 Å². The van der Waals surface area contributed by atoms with E-state index in [0.29, 0.717) is 36.2 Å². The molecular formula is C50H73N13O13. The number of phenols is 1. The van der Waals surface area contributed by atoms with E-state index < -0.39 is 127 Å². The Bertz CT molecular complexity index is 2400. The van der Waals surface area contributed by atoms with Crippen molar-refractivity contribution in [1.82, 2.24) is 57.8 Å². The van der Waals surface area contributed by atoms with Crippen molar-refractivity contribution in [2.24, 2.45) is 17.4 Å². The molecule has 2 aromatic carbocycles. The minimum Gasteiger partial charge on any atom is -0.508 e. The minimum absolute atomic E-state index is 0.0201. The van der Waals surface area contributed by atoms with Gasteiger partial charge < -0.3 is 79.6 Å². The Morgan fingerprint density at radius 3 is 1.70 bits per heavy atom. The van der Waals surface area contributed by atoms with Crippen LogP contribution in [0.25, 0.3) is 0 Å². The normalized spacial score (nSPS) is 14.6. The van der Waals surface area contributed by atoms with Gasteiger partial charge in [0.25, 0.3) is 0 Å². The molecule has 0 saturated heterocycles. The summed E-state index contributed by atoms with van der Waals surface area (Å²) in [4.78, 5) is 139. The van der Waals surface area contributed by atoms with Gasteiger partial charge in [0, 0.05) is 31.2 Å². The number of carbonyl (C=O) groups excluding carboxylic acids is 9. The summed E-state index contributed by atoms with van der Waals surface area (Å²) in [5.41, 5.74) is 12.9. The molecule has 0 spiro atoms. The highest BCUT2D eigenvalue weighted by molar-refractivity contribution is 5.98. The van der Waals surface area contributed by atoms with Gasteiger partial charge >= 0.3 is 5.97 Å². The lowest BCUT2D eigenvalue weighted by Gasteiger charge is -2.28. The molecule has 3 aromatic rings. The number of aliphatic hydroxyl groups is 1. The Hall–Kier alpha value is -7.97. The van der Waals surface area contributed by atoms with Crippen molar-refractivity contribution in [1.29, 1.82) is 0 Å². The molecule has 0 fully saturated rings. The summed E-state index contributed by atoms with van der Waals surface area (Å²) in [5.74, 6) is -9.04. The third-order valence-corrected chi connectivity index (χ3v) is 11.5. The minimum atomic E-state index is -1.73.